The summed E-state index contributed by atoms with van der Waals surface area (Å²) in [5.74, 6) is -0.378. The van der Waals surface area contributed by atoms with Crippen LogP contribution < -0.4 is 11.2 Å². The fourth-order valence-corrected chi connectivity index (χ4v) is 7.11. The summed E-state index contributed by atoms with van der Waals surface area (Å²) in [6.07, 6.45) is 1.34. The summed E-state index contributed by atoms with van der Waals surface area (Å²) in [5, 5.41) is 22.0. The minimum Gasteiger partial charge on any atom is -0.391 e. The summed E-state index contributed by atoms with van der Waals surface area (Å²) in [7, 11) is -2.23. The molecule has 0 radical (unpaired) electrons. The number of aliphatic hydroxyl groups is 2. The Morgan fingerprint density at radius 3 is 2.12 bits per heavy atom. The van der Waals surface area contributed by atoms with Crippen LogP contribution in [0.4, 0.5) is 0 Å². The summed E-state index contributed by atoms with van der Waals surface area (Å²) in [6.45, 7) is 9.24. The van der Waals surface area contributed by atoms with Crippen molar-refractivity contribution in [2.45, 2.75) is 63.8 Å². The third kappa shape index (κ3) is 7.14. The number of nitrogens with zero attached hydrogens (tertiary/aromatic N) is 6. The third-order valence-corrected chi connectivity index (χ3v) is 10.2. The number of benzene rings is 1. The number of piperazine rings is 1. The fraction of sp³-hybridized carbons (Fsp3) is 0.607. The van der Waals surface area contributed by atoms with Gasteiger partial charge in [0.2, 0.25) is 0 Å². The van der Waals surface area contributed by atoms with Crippen molar-refractivity contribution in [3.8, 4) is 0 Å². The number of aryl methyl sites for hydroxylation is 3. The standard InChI is InChI=1S/C28H41ClN6O6S/c1-5-6-7-35-26-25(27(38)31(4)28(35)39)34(18-30-26)16-21(36)14-32-8-10-33(11-9-32)15-22(37)17-42(40,41)23-12-19(2)24(29)20(3)13-23/h12-13,18,21-22,36-37H,5-11,14-17H2,1-4H3. The lowest BCUT2D eigenvalue weighted by atomic mass is 10.2. The van der Waals surface area contributed by atoms with Crippen LogP contribution in [0.15, 0.2) is 32.9 Å². The number of hydrogen-bond donors (Lipinski definition) is 2. The Labute approximate surface area is 250 Å². The number of unbranched alkanes of at least 4 members (excludes halogenated alkanes) is 1. The Morgan fingerprint density at radius 2 is 1.55 bits per heavy atom. The molecule has 12 nitrogen and oxygen atoms in total. The van der Waals surface area contributed by atoms with E-state index in [0.29, 0.717) is 66.6 Å². The zero-order valence-electron chi connectivity index (χ0n) is 24.7. The van der Waals surface area contributed by atoms with E-state index in [2.05, 4.69) is 9.88 Å². The van der Waals surface area contributed by atoms with Crippen molar-refractivity contribution in [1.29, 1.82) is 0 Å². The van der Waals surface area contributed by atoms with Crippen LogP contribution in [0.2, 0.25) is 5.02 Å². The van der Waals surface area contributed by atoms with Gasteiger partial charge < -0.3 is 14.8 Å². The van der Waals surface area contributed by atoms with Crippen LogP contribution in [-0.4, -0.2) is 104 Å². The van der Waals surface area contributed by atoms with E-state index in [0.717, 1.165) is 17.4 Å². The molecule has 0 amide bonds. The van der Waals surface area contributed by atoms with Gasteiger partial charge in [-0.15, -0.1) is 0 Å². The molecule has 1 fully saturated rings. The molecule has 2 aromatic heterocycles. The number of imidazole rings is 1. The molecule has 0 saturated carbocycles. The fourth-order valence-electron chi connectivity index (χ4n) is 5.48. The van der Waals surface area contributed by atoms with Gasteiger partial charge in [-0.2, -0.15) is 0 Å². The lowest BCUT2D eigenvalue weighted by Gasteiger charge is -2.36. The Morgan fingerprint density at radius 1 is 0.976 bits per heavy atom. The van der Waals surface area contributed by atoms with Crippen molar-refractivity contribution in [3.05, 3.63) is 55.4 Å². The van der Waals surface area contributed by atoms with Crippen LogP contribution in [-0.2, 0) is 30.0 Å². The van der Waals surface area contributed by atoms with Gasteiger partial charge in [0.25, 0.3) is 5.56 Å². The lowest BCUT2D eigenvalue weighted by Crippen LogP contribution is -2.51. The second kappa shape index (κ2) is 13.4. The number of β-amino-alcohol motifs (C(OH)–C–C–N with tert-alkyl or cyclic N) is 2. The van der Waals surface area contributed by atoms with Crippen molar-refractivity contribution in [2.75, 3.05) is 45.0 Å². The second-order valence-corrected chi connectivity index (χ2v) is 13.7. The summed E-state index contributed by atoms with van der Waals surface area (Å²) < 4.78 is 30.0. The Bertz CT molecular complexity index is 1620. The quantitative estimate of drug-likeness (QED) is 0.299. The highest BCUT2D eigenvalue weighted by molar-refractivity contribution is 7.91. The summed E-state index contributed by atoms with van der Waals surface area (Å²) in [5.41, 5.74) is 1.15. The summed E-state index contributed by atoms with van der Waals surface area (Å²) in [4.78, 5) is 34.1. The average Bonchev–Trinajstić information content (AvgIpc) is 3.34. The molecular formula is C28H41ClN6O6S. The first-order valence-corrected chi connectivity index (χ1v) is 16.3. The molecule has 0 bridgehead atoms. The molecule has 14 heteroatoms. The van der Waals surface area contributed by atoms with Gasteiger partial charge in [0.05, 0.1) is 35.7 Å². The minimum atomic E-state index is -3.68. The first kappa shape index (κ1) is 32.4. The molecule has 1 aliphatic heterocycles. The number of hydrogen-bond acceptors (Lipinski definition) is 9. The molecule has 1 saturated heterocycles. The van der Waals surface area contributed by atoms with E-state index in [1.54, 1.807) is 18.4 Å². The highest BCUT2D eigenvalue weighted by atomic mass is 35.5. The van der Waals surface area contributed by atoms with Crippen LogP contribution in [0.1, 0.15) is 30.9 Å². The first-order valence-electron chi connectivity index (χ1n) is 14.3. The molecule has 1 aliphatic rings. The summed E-state index contributed by atoms with van der Waals surface area (Å²) >= 11 is 6.17. The van der Waals surface area contributed by atoms with Crippen LogP contribution in [0.5, 0.6) is 0 Å². The normalized spacial score (nSPS) is 16.7. The molecule has 2 atom stereocenters. The molecule has 2 N–H and O–H groups in total. The smallest absolute Gasteiger partial charge is 0.332 e. The molecule has 0 aliphatic carbocycles. The van der Waals surface area contributed by atoms with E-state index in [1.165, 1.54) is 30.1 Å². The maximum Gasteiger partial charge on any atom is 0.332 e. The van der Waals surface area contributed by atoms with Crippen LogP contribution in [0, 0.1) is 13.8 Å². The maximum absolute atomic E-state index is 12.9. The third-order valence-electron chi connectivity index (χ3n) is 7.83. The zero-order chi connectivity index (χ0) is 30.8. The Kier molecular flexibility index (Phi) is 10.3. The molecular weight excluding hydrogens is 584 g/mol. The van der Waals surface area contributed by atoms with Crippen molar-refractivity contribution in [1.82, 2.24) is 28.5 Å². The highest BCUT2D eigenvalue weighted by Crippen LogP contribution is 2.25. The van der Waals surface area contributed by atoms with Gasteiger partial charge in [0.1, 0.15) is 0 Å². The number of aliphatic hydroxyl groups excluding tert-OH is 2. The topological polar surface area (TPSA) is 143 Å². The molecule has 42 heavy (non-hydrogen) atoms. The van der Waals surface area contributed by atoms with Crippen molar-refractivity contribution < 1.29 is 18.6 Å². The number of aromatic nitrogens is 4. The van der Waals surface area contributed by atoms with Gasteiger partial charge >= 0.3 is 5.69 Å². The van der Waals surface area contributed by atoms with E-state index in [9.17, 15) is 28.2 Å². The van der Waals surface area contributed by atoms with E-state index < -0.39 is 33.3 Å². The Hall–Kier alpha value is -2.55. The number of halogens is 1. The SMILES string of the molecule is CCCCn1c(=O)n(C)c(=O)c2c1ncn2CC(O)CN1CCN(CC(O)CS(=O)(=O)c2cc(C)c(Cl)c(C)c2)CC1. The minimum absolute atomic E-state index is 0.151. The van der Waals surface area contributed by atoms with Crippen molar-refractivity contribution in [3.63, 3.8) is 0 Å². The highest BCUT2D eigenvalue weighted by Gasteiger charge is 2.26. The molecule has 0 spiro atoms. The predicted molar refractivity (Wildman–Crippen MR) is 162 cm³/mol. The van der Waals surface area contributed by atoms with E-state index >= 15 is 0 Å². The Balaban J connectivity index is 1.31. The van der Waals surface area contributed by atoms with Gasteiger partial charge in [0, 0.05) is 57.9 Å². The van der Waals surface area contributed by atoms with Gasteiger partial charge in [-0.1, -0.05) is 24.9 Å². The second-order valence-electron chi connectivity index (χ2n) is 11.3. The zero-order valence-corrected chi connectivity index (χ0v) is 26.2. The van der Waals surface area contributed by atoms with Gasteiger partial charge in [-0.25, -0.2) is 18.2 Å². The summed E-state index contributed by atoms with van der Waals surface area (Å²) in [6, 6.07) is 3.08. The van der Waals surface area contributed by atoms with Crippen LogP contribution in [0.25, 0.3) is 11.2 Å². The van der Waals surface area contributed by atoms with E-state index in [-0.39, 0.29) is 23.7 Å². The molecule has 3 aromatic rings. The molecule has 4 rings (SSSR count). The van der Waals surface area contributed by atoms with Gasteiger partial charge in [-0.3, -0.25) is 23.7 Å². The van der Waals surface area contributed by atoms with E-state index in [4.69, 9.17) is 11.6 Å². The van der Waals surface area contributed by atoms with Gasteiger partial charge in [-0.05, 0) is 43.5 Å². The predicted octanol–water partition coefficient (Wildman–Crippen LogP) is 0.780. The van der Waals surface area contributed by atoms with E-state index in [1.807, 2.05) is 11.8 Å². The monoisotopic (exact) mass is 624 g/mol. The molecule has 2 unspecified atom stereocenters. The molecule has 1 aromatic carbocycles. The number of fused-ring (bicyclic) bond motifs is 1. The number of sulfone groups is 1. The van der Waals surface area contributed by atoms with Gasteiger partial charge in [0.15, 0.2) is 21.0 Å². The molecule has 3 heterocycles. The van der Waals surface area contributed by atoms with Crippen molar-refractivity contribution >= 4 is 32.6 Å². The average molecular weight is 625 g/mol. The largest absolute Gasteiger partial charge is 0.391 e. The lowest BCUT2D eigenvalue weighted by molar-refractivity contribution is 0.0486. The van der Waals surface area contributed by atoms with Crippen molar-refractivity contribution in [2.24, 2.45) is 7.05 Å². The van der Waals surface area contributed by atoms with Crippen LogP contribution >= 0.6 is 11.6 Å². The molecule has 232 valence electrons. The first-order chi connectivity index (χ1) is 19.8. The number of rotatable bonds is 12. The maximum atomic E-state index is 12.9. The van der Waals surface area contributed by atoms with Crippen LogP contribution in [0.3, 0.4) is 0 Å².